The van der Waals surface area contributed by atoms with Crippen LogP contribution in [0.2, 0.25) is 0 Å². The van der Waals surface area contributed by atoms with E-state index in [9.17, 15) is 14.4 Å². The largest absolute Gasteiger partial charge is 0.497 e. The molecule has 0 fully saturated rings. The first-order valence-electron chi connectivity index (χ1n) is 14.7. The van der Waals surface area contributed by atoms with Crippen LogP contribution in [0.5, 0.6) is 23.0 Å². The maximum absolute atomic E-state index is 13.5. The normalized spacial score (nSPS) is 13.6. The van der Waals surface area contributed by atoms with Crippen LogP contribution in [0.4, 0.5) is 5.69 Å². The zero-order chi connectivity index (χ0) is 32.1. The van der Waals surface area contributed by atoms with Gasteiger partial charge in [-0.2, -0.15) is 0 Å². The second-order valence-electron chi connectivity index (χ2n) is 10.8. The number of nitrogens with one attached hydrogen (secondary N) is 4. The standard InChI is InChI=1S/C34H38N4O7/c1-19(39)38-27-9-6-20-14-30(43-3)33(44-4)34(45-5)32(20)23-8-11-28(29(40)16-25(23)27)37-18-31(41)35-13-12-21-17-36-26-10-7-22(42-2)15-24(21)26/h7-8,10-11,14-17,27,36H,6,9,12-13,18H2,1-5H3,(H,35,41)(H,37,40)(H,38,39). The highest BCUT2D eigenvalue weighted by Gasteiger charge is 2.29. The van der Waals surface area contributed by atoms with Gasteiger partial charge in [0.05, 0.1) is 46.7 Å². The van der Waals surface area contributed by atoms with E-state index in [1.54, 1.807) is 27.4 Å². The fourth-order valence-corrected chi connectivity index (χ4v) is 5.92. The Morgan fingerprint density at radius 2 is 1.76 bits per heavy atom. The number of H-pyrrole nitrogens is 1. The van der Waals surface area contributed by atoms with E-state index in [4.69, 9.17) is 18.9 Å². The number of fused-ring (bicyclic) bond motifs is 4. The van der Waals surface area contributed by atoms with Crippen molar-refractivity contribution < 1.29 is 28.5 Å². The third-order valence-corrected chi connectivity index (χ3v) is 8.05. The Morgan fingerprint density at radius 1 is 0.956 bits per heavy atom. The molecule has 1 aliphatic rings. The van der Waals surface area contributed by atoms with Gasteiger partial charge in [0.2, 0.25) is 23.0 Å². The Bertz CT molecular complexity index is 1800. The van der Waals surface area contributed by atoms with Crippen molar-refractivity contribution >= 4 is 28.4 Å². The predicted molar refractivity (Wildman–Crippen MR) is 173 cm³/mol. The molecule has 0 saturated carbocycles. The number of hydrogen-bond donors (Lipinski definition) is 4. The van der Waals surface area contributed by atoms with Crippen molar-refractivity contribution in [2.75, 3.05) is 46.8 Å². The average molecular weight is 615 g/mol. The summed E-state index contributed by atoms with van der Waals surface area (Å²) in [5.74, 6) is 1.73. The smallest absolute Gasteiger partial charge is 0.239 e. The van der Waals surface area contributed by atoms with E-state index in [0.717, 1.165) is 33.3 Å². The molecule has 1 unspecified atom stereocenters. The van der Waals surface area contributed by atoms with Gasteiger partial charge in [-0.3, -0.25) is 14.4 Å². The van der Waals surface area contributed by atoms with E-state index >= 15 is 0 Å². The number of carbonyl (C=O) groups is 2. The van der Waals surface area contributed by atoms with Gasteiger partial charge in [0.25, 0.3) is 0 Å². The molecule has 3 aromatic carbocycles. The van der Waals surface area contributed by atoms with E-state index in [-0.39, 0.29) is 29.5 Å². The molecule has 1 aromatic heterocycles. The van der Waals surface area contributed by atoms with E-state index in [1.807, 2.05) is 36.5 Å². The van der Waals surface area contributed by atoms with Gasteiger partial charge in [-0.15, -0.1) is 0 Å². The van der Waals surface area contributed by atoms with Crippen LogP contribution in [0.1, 0.15) is 36.1 Å². The van der Waals surface area contributed by atoms with Gasteiger partial charge < -0.3 is 39.9 Å². The van der Waals surface area contributed by atoms with Gasteiger partial charge in [0.15, 0.2) is 11.5 Å². The number of carbonyl (C=O) groups excluding carboxylic acids is 2. The average Bonchev–Trinajstić information content (AvgIpc) is 3.29. The first-order chi connectivity index (χ1) is 21.8. The summed E-state index contributed by atoms with van der Waals surface area (Å²) in [6, 6.07) is 12.3. The SMILES string of the molecule is COc1ccc2[nH]cc(CCNC(=O)CNc3ccc4c(cc3=O)C(NC(C)=O)CCc3cc(OC)c(OC)c(OC)c3-4)c2c1. The fourth-order valence-electron chi connectivity index (χ4n) is 5.92. The molecule has 11 nitrogen and oxygen atoms in total. The zero-order valence-corrected chi connectivity index (χ0v) is 26.1. The van der Waals surface area contributed by atoms with Crippen molar-refractivity contribution in [3.8, 4) is 34.1 Å². The third kappa shape index (κ3) is 6.52. The topological polar surface area (TPSA) is 140 Å². The minimum absolute atomic E-state index is 0.0916. The molecule has 0 aliphatic heterocycles. The van der Waals surface area contributed by atoms with Crippen molar-refractivity contribution in [2.24, 2.45) is 0 Å². The van der Waals surface area contributed by atoms with Crippen molar-refractivity contribution in [3.63, 3.8) is 0 Å². The van der Waals surface area contributed by atoms with Gasteiger partial charge in [-0.05, 0) is 77.9 Å². The molecule has 1 aliphatic carbocycles. The minimum Gasteiger partial charge on any atom is -0.497 e. The summed E-state index contributed by atoms with van der Waals surface area (Å²) in [6.07, 6.45) is 3.70. The molecule has 45 heavy (non-hydrogen) atoms. The van der Waals surface area contributed by atoms with Gasteiger partial charge in [-0.25, -0.2) is 0 Å². The first kappa shape index (κ1) is 31.2. The molecule has 236 valence electrons. The van der Waals surface area contributed by atoms with Crippen LogP contribution in [0, 0.1) is 0 Å². The maximum Gasteiger partial charge on any atom is 0.239 e. The number of anilines is 1. The molecular formula is C34H38N4O7. The number of aryl methyl sites for hydroxylation is 1. The first-order valence-corrected chi connectivity index (χ1v) is 14.7. The molecule has 4 N–H and O–H groups in total. The van der Waals surface area contributed by atoms with Gasteiger partial charge in [0, 0.05) is 36.1 Å². The number of methoxy groups -OCH3 is 4. The lowest BCUT2D eigenvalue weighted by Gasteiger charge is -2.19. The molecule has 0 spiro atoms. The maximum atomic E-state index is 13.5. The Balaban J connectivity index is 1.39. The van der Waals surface area contributed by atoms with Crippen LogP contribution in [-0.4, -0.2) is 58.3 Å². The Kier molecular flexibility index (Phi) is 9.46. The quantitative estimate of drug-likeness (QED) is 0.198. The van der Waals surface area contributed by atoms with Crippen molar-refractivity contribution in [1.29, 1.82) is 0 Å². The minimum atomic E-state index is -0.424. The molecule has 2 amide bonds. The van der Waals surface area contributed by atoms with Crippen molar-refractivity contribution in [3.05, 3.63) is 75.6 Å². The molecule has 5 rings (SSSR count). The molecule has 1 atom stereocenters. The summed E-state index contributed by atoms with van der Waals surface area (Å²) in [5.41, 5.74) is 5.05. The molecule has 4 aromatic rings. The molecule has 0 bridgehead atoms. The highest BCUT2D eigenvalue weighted by molar-refractivity contribution is 5.86. The van der Waals surface area contributed by atoms with Gasteiger partial charge in [-0.1, -0.05) is 6.07 Å². The number of amides is 2. The van der Waals surface area contributed by atoms with Crippen LogP contribution in [0.15, 0.2) is 53.5 Å². The number of benzene rings is 2. The summed E-state index contributed by atoms with van der Waals surface area (Å²) in [6.45, 7) is 1.78. The molecule has 1 heterocycles. The summed E-state index contributed by atoms with van der Waals surface area (Å²) in [5, 5.41) is 9.95. The van der Waals surface area contributed by atoms with Crippen LogP contribution >= 0.6 is 0 Å². The lowest BCUT2D eigenvalue weighted by atomic mass is 9.95. The monoisotopic (exact) mass is 614 g/mol. The van der Waals surface area contributed by atoms with Crippen LogP contribution in [0.25, 0.3) is 22.0 Å². The van der Waals surface area contributed by atoms with Crippen LogP contribution in [0.3, 0.4) is 0 Å². The van der Waals surface area contributed by atoms with E-state index in [0.29, 0.717) is 54.2 Å². The Hall–Kier alpha value is -5.19. The second-order valence-corrected chi connectivity index (χ2v) is 10.8. The predicted octanol–water partition coefficient (Wildman–Crippen LogP) is 4.12. The molecular weight excluding hydrogens is 576 g/mol. The summed E-state index contributed by atoms with van der Waals surface area (Å²) in [4.78, 5) is 41.7. The summed E-state index contributed by atoms with van der Waals surface area (Å²) in [7, 11) is 6.28. The number of aromatic nitrogens is 1. The van der Waals surface area contributed by atoms with Gasteiger partial charge in [0.1, 0.15) is 5.75 Å². The third-order valence-electron chi connectivity index (χ3n) is 8.05. The number of ether oxygens (including phenoxy) is 4. The van der Waals surface area contributed by atoms with Gasteiger partial charge >= 0.3 is 0 Å². The van der Waals surface area contributed by atoms with Crippen molar-refractivity contribution in [2.45, 2.75) is 32.2 Å². The lowest BCUT2D eigenvalue weighted by Crippen LogP contribution is -2.32. The van der Waals surface area contributed by atoms with E-state index < -0.39 is 6.04 Å². The highest BCUT2D eigenvalue weighted by atomic mass is 16.5. The number of rotatable bonds is 11. The second kappa shape index (κ2) is 13.6. The summed E-state index contributed by atoms with van der Waals surface area (Å²) < 4.78 is 22.4. The fraction of sp³-hybridized carbons (Fsp3) is 0.324. The lowest BCUT2D eigenvalue weighted by molar-refractivity contribution is -0.120. The van der Waals surface area contributed by atoms with Crippen molar-refractivity contribution in [1.82, 2.24) is 15.6 Å². The highest BCUT2D eigenvalue weighted by Crippen LogP contribution is 2.50. The number of aromatic amines is 1. The molecule has 11 heteroatoms. The van der Waals surface area contributed by atoms with Crippen LogP contribution in [-0.2, 0) is 22.4 Å². The van der Waals surface area contributed by atoms with Crippen LogP contribution < -0.4 is 40.3 Å². The molecule has 0 radical (unpaired) electrons. The number of hydrogen-bond acceptors (Lipinski definition) is 8. The Morgan fingerprint density at radius 3 is 2.47 bits per heavy atom. The van der Waals surface area contributed by atoms with E-state index in [1.165, 1.54) is 20.1 Å². The summed E-state index contributed by atoms with van der Waals surface area (Å²) >= 11 is 0. The zero-order valence-electron chi connectivity index (χ0n) is 26.1. The molecule has 0 saturated heterocycles. The van der Waals surface area contributed by atoms with E-state index in [2.05, 4.69) is 20.9 Å². The Labute approximate surface area is 261 Å².